The second kappa shape index (κ2) is 10.7. The first kappa shape index (κ1) is 29.8. The molecule has 0 amide bonds. The summed E-state index contributed by atoms with van der Waals surface area (Å²) in [5.41, 5.74) is 6.89. The number of hydrogen-bond donors (Lipinski definition) is 4. The Hall–Kier alpha value is -3.60. The van der Waals surface area contributed by atoms with Gasteiger partial charge in [0.15, 0.2) is 46.9 Å². The van der Waals surface area contributed by atoms with Crippen molar-refractivity contribution in [2.24, 2.45) is 0 Å². The average molecular weight is 685 g/mol. The maximum absolute atomic E-state index is 15.9. The van der Waals surface area contributed by atoms with Crippen LogP contribution in [0, 0.1) is 0 Å². The van der Waals surface area contributed by atoms with E-state index in [1.54, 1.807) is 0 Å². The number of imidazole rings is 2. The van der Waals surface area contributed by atoms with E-state index in [1.165, 1.54) is 34.4 Å². The molecule has 244 valence electrons. The van der Waals surface area contributed by atoms with E-state index in [9.17, 15) is 24.0 Å². The molecule has 8 heterocycles. The maximum Gasteiger partial charge on any atom is 0.472 e. The topological polar surface area (TPSA) is 281 Å². The summed E-state index contributed by atoms with van der Waals surface area (Å²) in [7, 11) is -10.1. The van der Waals surface area contributed by atoms with Crippen LogP contribution in [0.4, 0.5) is 10.2 Å². The van der Waals surface area contributed by atoms with Crippen LogP contribution in [0.2, 0.25) is 0 Å². The molecule has 5 aromatic heterocycles. The van der Waals surface area contributed by atoms with Gasteiger partial charge in [-0.05, 0) is 0 Å². The Kier molecular flexibility index (Phi) is 6.94. The largest absolute Gasteiger partial charge is 0.472 e. The number of aromatic nitrogens is 10. The van der Waals surface area contributed by atoms with Crippen LogP contribution in [0.3, 0.4) is 0 Å². The van der Waals surface area contributed by atoms with Gasteiger partial charge in [-0.3, -0.25) is 27.2 Å². The molecule has 22 nitrogen and oxygen atoms in total. The van der Waals surface area contributed by atoms with Gasteiger partial charge in [-0.1, -0.05) is 0 Å². The minimum atomic E-state index is -5.09. The molecule has 10 atom stereocenters. The van der Waals surface area contributed by atoms with Crippen molar-refractivity contribution in [1.29, 1.82) is 0 Å². The number of aliphatic hydroxyl groups is 1. The first-order valence-corrected chi connectivity index (χ1v) is 16.4. The van der Waals surface area contributed by atoms with Crippen LogP contribution in [0.5, 0.6) is 0 Å². The lowest BCUT2D eigenvalue weighted by atomic mass is 10.1. The molecule has 0 aromatic carbocycles. The molecule has 3 aliphatic rings. The fraction of sp³-hybridized carbons (Fsp3) is 0.476. The van der Waals surface area contributed by atoms with Gasteiger partial charge in [0.25, 0.3) is 0 Å². The van der Waals surface area contributed by atoms with E-state index in [1.807, 2.05) is 0 Å². The summed E-state index contributed by atoms with van der Waals surface area (Å²) in [4.78, 5) is 45.8. The molecule has 25 heteroatoms. The fourth-order valence-electron chi connectivity index (χ4n) is 5.59. The number of nitrogens with zero attached hydrogens (tertiary/aromatic N) is 10. The lowest BCUT2D eigenvalue weighted by molar-refractivity contribution is -0.0663. The highest BCUT2D eigenvalue weighted by molar-refractivity contribution is 7.47. The first-order chi connectivity index (χ1) is 22.0. The summed E-state index contributed by atoms with van der Waals surface area (Å²) >= 11 is 0. The van der Waals surface area contributed by atoms with Gasteiger partial charge in [-0.25, -0.2) is 47.9 Å². The smallest absolute Gasteiger partial charge is 0.386 e. The van der Waals surface area contributed by atoms with E-state index in [0.717, 1.165) is 10.9 Å². The predicted octanol–water partition coefficient (Wildman–Crippen LogP) is -0.592. The number of nitrogens with two attached hydrogens (primary N) is 1. The summed E-state index contributed by atoms with van der Waals surface area (Å²) in [5, 5.41) is 15.2. The van der Waals surface area contributed by atoms with Crippen molar-refractivity contribution in [3.63, 3.8) is 0 Å². The van der Waals surface area contributed by atoms with Crippen molar-refractivity contribution < 1.29 is 56.0 Å². The highest BCUT2D eigenvalue weighted by Crippen LogP contribution is 2.54. The van der Waals surface area contributed by atoms with Crippen LogP contribution in [0.1, 0.15) is 12.5 Å². The number of ether oxygens (including phenoxy) is 2. The van der Waals surface area contributed by atoms with E-state index in [0.29, 0.717) is 11.2 Å². The number of nitrogen functional groups attached to an aromatic ring is 1. The molecule has 3 aliphatic heterocycles. The van der Waals surface area contributed by atoms with Gasteiger partial charge in [-0.2, -0.15) is 5.10 Å². The molecule has 46 heavy (non-hydrogen) atoms. The van der Waals surface area contributed by atoms with Gasteiger partial charge in [0.1, 0.15) is 55.0 Å². The van der Waals surface area contributed by atoms with E-state index in [2.05, 4.69) is 35.0 Å². The van der Waals surface area contributed by atoms with Crippen molar-refractivity contribution in [2.45, 2.75) is 49.1 Å². The number of phosphoric acid groups is 2. The van der Waals surface area contributed by atoms with Gasteiger partial charge in [-0.15, -0.1) is 0 Å². The third-order valence-corrected chi connectivity index (χ3v) is 9.64. The Labute approximate surface area is 254 Å². The zero-order valence-electron chi connectivity index (χ0n) is 22.8. The number of hydrogen-bond acceptors (Lipinski definition) is 17. The number of alkyl halides is 1. The molecular weight excluding hydrogens is 663 g/mol. The van der Waals surface area contributed by atoms with Crippen molar-refractivity contribution in [3.8, 4) is 0 Å². The van der Waals surface area contributed by atoms with E-state index < -0.39 is 78.0 Å². The quantitative estimate of drug-likeness (QED) is 0.169. The van der Waals surface area contributed by atoms with E-state index in [-0.39, 0.29) is 22.6 Å². The van der Waals surface area contributed by atoms with E-state index in [4.69, 9.17) is 33.3 Å². The van der Waals surface area contributed by atoms with Gasteiger partial charge in [0.05, 0.1) is 25.9 Å². The zero-order chi connectivity index (χ0) is 32.0. The SMILES string of the molecule is Nc1ncnc2c1ncn2[C@@H]1O[C@@H]2COP(=O)(O)O[C@H]3[C@@H](O)[C@H](n4cnc5c4ncn4ncnc54)O[C@@H]3COP(=O)(O)O[C@H]2[C@H]1F. The first-order valence-electron chi connectivity index (χ1n) is 13.4. The summed E-state index contributed by atoms with van der Waals surface area (Å²) in [5.74, 6) is 0.0113. The Morgan fingerprint density at radius 3 is 2.15 bits per heavy atom. The lowest BCUT2D eigenvalue weighted by Crippen LogP contribution is -2.38. The summed E-state index contributed by atoms with van der Waals surface area (Å²) < 4.78 is 78.3. The highest BCUT2D eigenvalue weighted by Gasteiger charge is 2.54. The lowest BCUT2D eigenvalue weighted by Gasteiger charge is -2.27. The van der Waals surface area contributed by atoms with Crippen molar-refractivity contribution in [1.82, 2.24) is 48.7 Å². The van der Waals surface area contributed by atoms with Gasteiger partial charge < -0.3 is 30.1 Å². The Morgan fingerprint density at radius 1 is 0.783 bits per heavy atom. The number of phosphoric ester groups is 2. The molecule has 8 rings (SSSR count). The van der Waals surface area contributed by atoms with Crippen LogP contribution in [0.15, 0.2) is 31.6 Å². The number of halogens is 1. The van der Waals surface area contributed by atoms with Gasteiger partial charge >= 0.3 is 15.6 Å². The number of anilines is 1. The zero-order valence-corrected chi connectivity index (χ0v) is 24.6. The second-order valence-corrected chi connectivity index (χ2v) is 13.2. The Bertz CT molecular complexity index is 2060. The van der Waals surface area contributed by atoms with Gasteiger partial charge in [0, 0.05) is 0 Å². The Morgan fingerprint density at radius 2 is 1.39 bits per heavy atom. The molecule has 0 radical (unpaired) electrons. The van der Waals surface area contributed by atoms with Crippen LogP contribution in [-0.2, 0) is 36.7 Å². The number of aliphatic hydroxyl groups excluding tert-OH is 1. The second-order valence-electron chi connectivity index (χ2n) is 10.4. The van der Waals surface area contributed by atoms with Crippen LogP contribution in [0.25, 0.3) is 28.0 Å². The van der Waals surface area contributed by atoms with E-state index >= 15 is 4.39 Å². The molecule has 0 spiro atoms. The standard InChI is InChI=1S/C21H22FN11O11P2/c22-10-14-8(41-20(10)31-5-27-11-16(23)24-3-25-17(11)31)1-39-46(37,38)44-15-9(2-40-45(35,36)43-14)42-21(13(15)34)32-6-28-12-18(32)29-7-33-19(12)26-4-30-33/h3-10,13-15,20-21,34H,1-2H2,(H,35,36)(H,37,38)(H2,23,24,25)/t8-,9-,10-,13-,14-,15-,20-,21-/m1/s1. The molecule has 3 saturated heterocycles. The average Bonchev–Trinajstić information content (AvgIpc) is 3.83. The normalized spacial score (nSPS) is 37.3. The molecule has 3 fully saturated rings. The predicted molar refractivity (Wildman–Crippen MR) is 144 cm³/mol. The van der Waals surface area contributed by atoms with Gasteiger partial charge in [0.2, 0.25) is 0 Å². The molecule has 5 N–H and O–H groups in total. The molecule has 0 saturated carbocycles. The third-order valence-electron chi connectivity index (χ3n) is 7.67. The van der Waals surface area contributed by atoms with Crippen LogP contribution >= 0.6 is 15.6 Å². The van der Waals surface area contributed by atoms with Crippen molar-refractivity contribution in [2.75, 3.05) is 18.9 Å². The van der Waals surface area contributed by atoms with Crippen molar-refractivity contribution in [3.05, 3.63) is 31.6 Å². The summed E-state index contributed by atoms with van der Waals surface area (Å²) in [6.07, 6.45) is -7.04. The minimum absolute atomic E-state index is 0.0113. The molecular formula is C21H22FN11O11P2. The number of rotatable bonds is 2. The minimum Gasteiger partial charge on any atom is -0.386 e. The molecule has 2 unspecified atom stereocenters. The Balaban J connectivity index is 1.08. The molecule has 5 aromatic rings. The van der Waals surface area contributed by atoms with Crippen LogP contribution in [-0.4, -0.2) is 113 Å². The van der Waals surface area contributed by atoms with Crippen LogP contribution < -0.4 is 5.73 Å². The number of fused-ring (bicyclic) bond motifs is 6. The highest BCUT2D eigenvalue weighted by atomic mass is 31.2. The molecule has 0 bridgehead atoms. The fourth-order valence-corrected chi connectivity index (χ4v) is 7.51. The maximum atomic E-state index is 15.9. The molecule has 0 aliphatic carbocycles. The van der Waals surface area contributed by atoms with Crippen molar-refractivity contribution >= 4 is 49.4 Å². The summed E-state index contributed by atoms with van der Waals surface area (Å²) in [6.45, 7) is -1.68. The third kappa shape index (κ3) is 4.88. The summed E-state index contributed by atoms with van der Waals surface area (Å²) in [6, 6.07) is 0. The monoisotopic (exact) mass is 685 g/mol.